The number of nitrogens with one attached hydrogen (secondary N) is 1. The van der Waals surface area contributed by atoms with Crippen molar-refractivity contribution in [1.29, 1.82) is 0 Å². The topological polar surface area (TPSA) is 56.2 Å². The first-order valence-corrected chi connectivity index (χ1v) is 15.7. The molecular formula is C23H36N2O3SSeSi. The van der Waals surface area contributed by atoms with Crippen LogP contribution in [0.5, 0.6) is 0 Å². The molecule has 2 rings (SSSR count). The van der Waals surface area contributed by atoms with Crippen molar-refractivity contribution in [3.63, 3.8) is 0 Å². The zero-order valence-corrected chi connectivity index (χ0v) is 23.5. The zero-order chi connectivity index (χ0) is 23.4. The Morgan fingerprint density at radius 2 is 1.90 bits per heavy atom. The Morgan fingerprint density at radius 1 is 1.23 bits per heavy atom. The van der Waals surface area contributed by atoms with Gasteiger partial charge in [-0.1, -0.05) is 0 Å². The van der Waals surface area contributed by atoms with Crippen molar-refractivity contribution >= 4 is 44.5 Å². The number of nitrogens with zero attached hydrogens (tertiary/aromatic N) is 1. The normalized spacial score (nSPS) is 12.5. The summed E-state index contributed by atoms with van der Waals surface area (Å²) in [7, 11) is -1.80. The third kappa shape index (κ3) is 6.98. The summed E-state index contributed by atoms with van der Waals surface area (Å²) in [6.45, 7) is 18.7. The van der Waals surface area contributed by atoms with Crippen LogP contribution in [0.3, 0.4) is 0 Å². The van der Waals surface area contributed by atoms with Gasteiger partial charge in [0, 0.05) is 0 Å². The summed E-state index contributed by atoms with van der Waals surface area (Å²) >= 11 is 5.45. The van der Waals surface area contributed by atoms with Gasteiger partial charge >= 0.3 is 199 Å². The number of aryl methyl sites for hydroxylation is 1. The SMILES string of the molecule is Cc1cccc([Se]c2c(C(C)C)c(=O)[nH]c(=S)n2COCCO[Si](C)(C)C(C)(C)C)c1. The van der Waals surface area contributed by atoms with Gasteiger partial charge in [-0.05, 0) is 0 Å². The molecule has 1 heterocycles. The van der Waals surface area contributed by atoms with Crippen LogP contribution in [0.25, 0.3) is 0 Å². The van der Waals surface area contributed by atoms with E-state index in [0.717, 1.165) is 10.2 Å². The minimum absolute atomic E-state index is 0.0611. The quantitative estimate of drug-likeness (QED) is 0.305. The van der Waals surface area contributed by atoms with Crippen molar-refractivity contribution in [2.75, 3.05) is 13.2 Å². The Morgan fingerprint density at radius 3 is 2.48 bits per heavy atom. The predicted octanol–water partition coefficient (Wildman–Crippen LogP) is 3.99. The maximum atomic E-state index is 12.7. The van der Waals surface area contributed by atoms with Gasteiger partial charge in [-0.25, -0.2) is 0 Å². The molecular weight excluding hydrogens is 491 g/mol. The van der Waals surface area contributed by atoms with Gasteiger partial charge in [0.05, 0.1) is 0 Å². The van der Waals surface area contributed by atoms with Crippen molar-refractivity contribution < 1.29 is 9.16 Å². The monoisotopic (exact) mass is 528 g/mol. The first-order valence-electron chi connectivity index (χ1n) is 10.7. The molecule has 172 valence electrons. The Kier molecular flexibility index (Phi) is 9.08. The van der Waals surface area contributed by atoms with Crippen LogP contribution in [0.4, 0.5) is 0 Å². The second kappa shape index (κ2) is 10.7. The van der Waals surface area contributed by atoms with Crippen LogP contribution in [0.2, 0.25) is 18.1 Å². The predicted molar refractivity (Wildman–Crippen MR) is 135 cm³/mol. The van der Waals surface area contributed by atoms with Crippen molar-refractivity contribution in [2.24, 2.45) is 0 Å². The number of benzene rings is 1. The number of rotatable bonds is 9. The summed E-state index contributed by atoms with van der Waals surface area (Å²) in [5.41, 5.74) is 1.90. The second-order valence-corrected chi connectivity index (χ2v) is 17.1. The summed E-state index contributed by atoms with van der Waals surface area (Å²) in [5.74, 6) is 0.0919. The average Bonchev–Trinajstić information content (AvgIpc) is 2.62. The van der Waals surface area contributed by atoms with Gasteiger partial charge in [0.15, 0.2) is 0 Å². The van der Waals surface area contributed by atoms with Crippen molar-refractivity contribution in [2.45, 2.75) is 72.3 Å². The number of aromatic nitrogens is 2. The molecule has 0 atom stereocenters. The van der Waals surface area contributed by atoms with E-state index in [1.54, 1.807) is 0 Å². The molecule has 0 amide bonds. The first-order chi connectivity index (χ1) is 14.3. The summed E-state index contributed by atoms with van der Waals surface area (Å²) in [6.07, 6.45) is 0. The van der Waals surface area contributed by atoms with Gasteiger partial charge < -0.3 is 0 Å². The van der Waals surface area contributed by atoms with Crippen LogP contribution in [-0.4, -0.2) is 46.0 Å². The van der Waals surface area contributed by atoms with Crippen LogP contribution in [-0.2, 0) is 15.9 Å². The van der Waals surface area contributed by atoms with Crippen LogP contribution in [0, 0.1) is 11.7 Å². The molecule has 0 fully saturated rings. The molecule has 0 aliphatic carbocycles. The van der Waals surface area contributed by atoms with Crippen molar-refractivity contribution in [3.05, 3.63) is 50.5 Å². The van der Waals surface area contributed by atoms with E-state index < -0.39 is 8.32 Å². The van der Waals surface area contributed by atoms with E-state index in [0.29, 0.717) is 24.7 Å². The van der Waals surface area contributed by atoms with E-state index in [9.17, 15) is 4.79 Å². The molecule has 0 bridgehead atoms. The third-order valence-corrected chi connectivity index (χ3v) is 12.9. The average molecular weight is 528 g/mol. The molecule has 0 unspecified atom stereocenters. The van der Waals surface area contributed by atoms with Crippen LogP contribution < -0.4 is 14.6 Å². The number of ether oxygens (including phenoxy) is 1. The Balaban J connectivity index is 2.23. The third-order valence-electron chi connectivity index (χ3n) is 5.68. The van der Waals surface area contributed by atoms with E-state index in [2.05, 4.69) is 70.0 Å². The Hall–Kier alpha value is -1.02. The Labute approximate surface area is 198 Å². The molecule has 5 nitrogen and oxygen atoms in total. The fraction of sp³-hybridized carbons (Fsp3) is 0.565. The molecule has 0 radical (unpaired) electrons. The van der Waals surface area contributed by atoms with E-state index in [1.807, 2.05) is 18.4 Å². The van der Waals surface area contributed by atoms with Gasteiger partial charge in [-0.2, -0.15) is 0 Å². The summed E-state index contributed by atoms with van der Waals surface area (Å²) in [4.78, 5) is 15.5. The molecule has 31 heavy (non-hydrogen) atoms. The minimum atomic E-state index is -1.80. The standard InChI is InChI=1S/C23H36N2O3SSeSi/c1-16(2)19-20(26)24-22(29)25(21(19)30-18-11-9-10-17(3)14-18)15-27-12-13-28-31(7,8)23(4,5)6/h9-11,14,16H,12-13,15H2,1-8H3,(H,24,26,29). The zero-order valence-electron chi connectivity index (χ0n) is 20.0. The summed E-state index contributed by atoms with van der Waals surface area (Å²) < 4.78 is 16.7. The molecule has 2 aromatic rings. The number of aromatic amines is 1. The van der Waals surface area contributed by atoms with Crippen LogP contribution in [0.1, 0.15) is 51.7 Å². The molecule has 0 spiro atoms. The molecule has 1 N–H and O–H groups in total. The van der Waals surface area contributed by atoms with Gasteiger partial charge in [0.25, 0.3) is 0 Å². The van der Waals surface area contributed by atoms with Crippen LogP contribution in [0.15, 0.2) is 29.1 Å². The van der Waals surface area contributed by atoms with E-state index >= 15 is 0 Å². The molecule has 0 aliphatic heterocycles. The van der Waals surface area contributed by atoms with Gasteiger partial charge in [0.1, 0.15) is 0 Å². The fourth-order valence-corrected chi connectivity index (χ4v) is 6.96. The molecule has 0 saturated heterocycles. The van der Waals surface area contributed by atoms with E-state index in [1.165, 1.54) is 10.0 Å². The van der Waals surface area contributed by atoms with Gasteiger partial charge in [0.2, 0.25) is 0 Å². The molecule has 0 saturated carbocycles. The number of hydrogen-bond donors (Lipinski definition) is 1. The van der Waals surface area contributed by atoms with Gasteiger partial charge in [-0.15, -0.1) is 0 Å². The van der Waals surface area contributed by atoms with Crippen molar-refractivity contribution in [1.82, 2.24) is 9.55 Å². The summed E-state index contributed by atoms with van der Waals surface area (Å²) in [6, 6.07) is 8.42. The van der Waals surface area contributed by atoms with E-state index in [4.69, 9.17) is 21.4 Å². The van der Waals surface area contributed by atoms with Gasteiger partial charge in [-0.3, -0.25) is 0 Å². The fourth-order valence-electron chi connectivity index (χ4n) is 2.82. The molecule has 1 aromatic carbocycles. The molecule has 1 aromatic heterocycles. The first kappa shape index (κ1) is 26.2. The Bertz CT molecular complexity index is 1010. The number of hydrogen-bond acceptors (Lipinski definition) is 4. The molecule has 8 heteroatoms. The number of H-pyrrole nitrogens is 1. The second-order valence-electron chi connectivity index (χ2n) is 9.63. The van der Waals surface area contributed by atoms with Crippen molar-refractivity contribution in [3.8, 4) is 0 Å². The maximum absolute atomic E-state index is 12.7. The summed E-state index contributed by atoms with van der Waals surface area (Å²) in [5, 5.41) is 0.171. The molecule has 0 aliphatic rings. The van der Waals surface area contributed by atoms with Crippen LogP contribution >= 0.6 is 12.2 Å². The van der Waals surface area contributed by atoms with E-state index in [-0.39, 0.29) is 31.5 Å².